The minimum atomic E-state index is -0.627. The van der Waals surface area contributed by atoms with E-state index in [9.17, 15) is 9.59 Å². The Hall–Kier alpha value is -2.38. The molecule has 112 valence electrons. The molecule has 0 spiro atoms. The Labute approximate surface area is 121 Å². The minimum absolute atomic E-state index is 0.110. The number of likely N-dealkylation sites (N-methyl/N-ethyl adjacent to an activating group) is 1. The number of nitrogen functional groups attached to an aromatic ring is 1. The average Bonchev–Trinajstić information content (AvgIpc) is 3.00. The van der Waals surface area contributed by atoms with Crippen LogP contribution >= 0.6 is 0 Å². The van der Waals surface area contributed by atoms with Gasteiger partial charge < -0.3 is 5.73 Å². The maximum absolute atomic E-state index is 12.2. The molecule has 1 fully saturated rings. The summed E-state index contributed by atoms with van der Waals surface area (Å²) in [7, 11) is 3.28. The molecule has 0 saturated carbocycles. The van der Waals surface area contributed by atoms with Crippen molar-refractivity contribution in [1.29, 1.82) is 0 Å². The maximum atomic E-state index is 12.2. The Morgan fingerprint density at radius 1 is 1.33 bits per heavy atom. The van der Waals surface area contributed by atoms with E-state index in [4.69, 9.17) is 5.73 Å². The molecule has 0 radical (unpaired) electrons. The molecule has 21 heavy (non-hydrogen) atoms. The second kappa shape index (κ2) is 4.57. The van der Waals surface area contributed by atoms with Crippen LogP contribution in [0.1, 0.15) is 31.5 Å². The van der Waals surface area contributed by atoms with Gasteiger partial charge in [-0.25, -0.2) is 4.98 Å². The maximum Gasteiger partial charge on any atom is 0.252 e. The van der Waals surface area contributed by atoms with Crippen molar-refractivity contribution in [2.24, 2.45) is 7.05 Å². The van der Waals surface area contributed by atoms with Crippen LogP contribution in [-0.2, 0) is 23.1 Å². The van der Waals surface area contributed by atoms with Crippen molar-refractivity contribution in [3.63, 3.8) is 0 Å². The van der Waals surface area contributed by atoms with Crippen LogP contribution in [0.5, 0.6) is 0 Å². The first-order valence-corrected chi connectivity index (χ1v) is 6.95. The normalized spacial score (nSPS) is 19.2. The van der Waals surface area contributed by atoms with Crippen LogP contribution in [-0.4, -0.2) is 43.1 Å². The summed E-state index contributed by atoms with van der Waals surface area (Å²) in [6, 6.07) is -0.627. The van der Waals surface area contributed by atoms with E-state index < -0.39 is 6.04 Å². The highest BCUT2D eigenvalue weighted by Gasteiger charge is 2.39. The van der Waals surface area contributed by atoms with E-state index in [1.54, 1.807) is 16.3 Å². The van der Waals surface area contributed by atoms with Crippen LogP contribution in [0.25, 0.3) is 11.2 Å². The van der Waals surface area contributed by atoms with Gasteiger partial charge in [-0.15, -0.1) is 0 Å². The zero-order chi connectivity index (χ0) is 15.3. The van der Waals surface area contributed by atoms with Crippen molar-refractivity contribution in [2.75, 3.05) is 12.8 Å². The fourth-order valence-corrected chi connectivity index (χ4v) is 2.87. The number of imide groups is 1. The molecule has 2 aromatic heterocycles. The zero-order valence-electron chi connectivity index (χ0n) is 12.3. The van der Waals surface area contributed by atoms with Gasteiger partial charge in [0.2, 0.25) is 11.9 Å². The Bertz CT molecular complexity index is 743. The third kappa shape index (κ3) is 1.82. The summed E-state index contributed by atoms with van der Waals surface area (Å²) in [6.45, 7) is 2.06. The SMILES string of the molecule is CCCc1nn(C)c2c1nc(N)n2C1CC(=O)N(C)C1=O. The molecule has 8 nitrogen and oxygen atoms in total. The van der Waals surface area contributed by atoms with Crippen LogP contribution in [0.15, 0.2) is 0 Å². The number of carbonyl (C=O) groups excluding carboxylic acids is 2. The predicted octanol–water partition coefficient (Wildman–Crippen LogP) is 0.234. The zero-order valence-corrected chi connectivity index (χ0v) is 12.3. The lowest BCUT2D eigenvalue weighted by Gasteiger charge is -2.12. The Balaban J connectivity index is 2.17. The number of nitrogens with zero attached hydrogens (tertiary/aromatic N) is 5. The minimum Gasteiger partial charge on any atom is -0.369 e. The molecule has 1 unspecified atom stereocenters. The summed E-state index contributed by atoms with van der Waals surface area (Å²) in [5.74, 6) is -0.219. The molecule has 3 heterocycles. The smallest absolute Gasteiger partial charge is 0.252 e. The van der Waals surface area contributed by atoms with Gasteiger partial charge in [0.1, 0.15) is 11.6 Å². The molecule has 2 aromatic rings. The molecule has 1 saturated heterocycles. The van der Waals surface area contributed by atoms with E-state index in [-0.39, 0.29) is 24.2 Å². The molecular formula is C13H18N6O2. The summed E-state index contributed by atoms with van der Waals surface area (Å²) in [4.78, 5) is 29.5. The summed E-state index contributed by atoms with van der Waals surface area (Å²) in [6.07, 6.45) is 1.85. The number of hydrogen-bond acceptors (Lipinski definition) is 5. The van der Waals surface area contributed by atoms with Crippen LogP contribution in [0, 0.1) is 0 Å². The lowest BCUT2D eigenvalue weighted by molar-refractivity contribution is -0.137. The number of imidazole rings is 1. The van der Waals surface area contributed by atoms with Crippen LogP contribution in [0.4, 0.5) is 5.95 Å². The molecule has 0 aliphatic carbocycles. The number of aryl methyl sites for hydroxylation is 2. The molecule has 0 aromatic carbocycles. The predicted molar refractivity (Wildman–Crippen MR) is 76.3 cm³/mol. The number of amides is 2. The van der Waals surface area contributed by atoms with Gasteiger partial charge in [-0.3, -0.25) is 23.7 Å². The van der Waals surface area contributed by atoms with Crippen molar-refractivity contribution in [3.05, 3.63) is 5.69 Å². The van der Waals surface area contributed by atoms with Gasteiger partial charge in [0.25, 0.3) is 5.91 Å². The van der Waals surface area contributed by atoms with Crippen LogP contribution in [0.3, 0.4) is 0 Å². The average molecular weight is 290 g/mol. The molecule has 3 rings (SSSR count). The highest BCUT2D eigenvalue weighted by Crippen LogP contribution is 2.31. The molecule has 1 atom stereocenters. The van der Waals surface area contributed by atoms with E-state index >= 15 is 0 Å². The lowest BCUT2D eigenvalue weighted by Crippen LogP contribution is -2.27. The van der Waals surface area contributed by atoms with Crippen molar-refractivity contribution < 1.29 is 9.59 Å². The molecule has 8 heteroatoms. The van der Waals surface area contributed by atoms with Gasteiger partial charge in [-0.05, 0) is 6.42 Å². The van der Waals surface area contributed by atoms with Crippen molar-refractivity contribution >= 4 is 28.9 Å². The van der Waals surface area contributed by atoms with Gasteiger partial charge in [0, 0.05) is 14.1 Å². The highest BCUT2D eigenvalue weighted by molar-refractivity contribution is 6.05. The first kappa shape index (κ1) is 13.6. The third-order valence-corrected chi connectivity index (χ3v) is 3.92. The third-order valence-electron chi connectivity index (χ3n) is 3.92. The van der Waals surface area contributed by atoms with E-state index in [1.807, 2.05) is 0 Å². The lowest BCUT2D eigenvalue weighted by atomic mass is 10.2. The summed E-state index contributed by atoms with van der Waals surface area (Å²) in [5.41, 5.74) is 8.27. The Kier molecular flexibility index (Phi) is 2.96. The molecular weight excluding hydrogens is 272 g/mol. The van der Waals surface area contributed by atoms with Crippen molar-refractivity contribution in [3.8, 4) is 0 Å². The van der Waals surface area contributed by atoms with Crippen molar-refractivity contribution in [2.45, 2.75) is 32.2 Å². The highest BCUT2D eigenvalue weighted by atomic mass is 16.2. The van der Waals surface area contributed by atoms with Crippen LogP contribution < -0.4 is 5.73 Å². The second-order valence-electron chi connectivity index (χ2n) is 5.34. The summed E-state index contributed by atoms with van der Waals surface area (Å²) in [5, 5.41) is 4.44. The summed E-state index contributed by atoms with van der Waals surface area (Å²) >= 11 is 0. The van der Waals surface area contributed by atoms with Gasteiger partial charge in [-0.1, -0.05) is 13.3 Å². The van der Waals surface area contributed by atoms with Crippen LogP contribution in [0.2, 0.25) is 0 Å². The molecule has 2 amide bonds. The standard InChI is InChI=1S/C13H18N6O2/c1-4-5-7-10-11(18(3)16-7)19(13(14)15-10)8-6-9(20)17(2)12(8)21/h8H,4-6H2,1-3H3,(H2,14,15). The van der Waals surface area contributed by atoms with Gasteiger partial charge in [-0.2, -0.15) is 5.10 Å². The first-order chi connectivity index (χ1) is 9.95. The van der Waals surface area contributed by atoms with E-state index in [2.05, 4.69) is 17.0 Å². The number of rotatable bonds is 3. The van der Waals surface area contributed by atoms with E-state index in [0.29, 0.717) is 11.2 Å². The molecule has 0 bridgehead atoms. The monoisotopic (exact) mass is 290 g/mol. The Morgan fingerprint density at radius 3 is 2.62 bits per heavy atom. The molecule has 1 aliphatic rings. The fraction of sp³-hybridized carbons (Fsp3) is 0.538. The Morgan fingerprint density at radius 2 is 2.05 bits per heavy atom. The fourth-order valence-electron chi connectivity index (χ4n) is 2.87. The van der Waals surface area contributed by atoms with Gasteiger partial charge in [0.15, 0.2) is 5.65 Å². The summed E-state index contributed by atoms with van der Waals surface area (Å²) < 4.78 is 3.31. The first-order valence-electron chi connectivity index (χ1n) is 6.95. The number of hydrogen-bond donors (Lipinski definition) is 1. The van der Waals surface area contributed by atoms with Gasteiger partial charge >= 0.3 is 0 Å². The number of aromatic nitrogens is 4. The number of carbonyl (C=O) groups is 2. The number of fused-ring (bicyclic) bond motifs is 1. The quantitative estimate of drug-likeness (QED) is 0.816. The van der Waals surface area contributed by atoms with Gasteiger partial charge in [0.05, 0.1) is 12.1 Å². The van der Waals surface area contributed by atoms with E-state index in [0.717, 1.165) is 23.4 Å². The number of anilines is 1. The van der Waals surface area contributed by atoms with Crippen molar-refractivity contribution in [1.82, 2.24) is 24.2 Å². The number of nitrogens with two attached hydrogens (primary N) is 1. The van der Waals surface area contributed by atoms with E-state index in [1.165, 1.54) is 7.05 Å². The molecule has 1 aliphatic heterocycles. The second-order valence-corrected chi connectivity index (χ2v) is 5.34. The largest absolute Gasteiger partial charge is 0.369 e. The molecule has 2 N–H and O–H groups in total. The number of likely N-dealkylation sites (tertiary alicyclic amines) is 1. The topological polar surface area (TPSA) is 99.0 Å².